The van der Waals surface area contributed by atoms with Crippen LogP contribution in [-0.2, 0) is 13.0 Å². The fourth-order valence-electron chi connectivity index (χ4n) is 2.54. The Bertz CT molecular complexity index is 670. The monoisotopic (exact) mass is 264 g/mol. The van der Waals surface area contributed by atoms with E-state index in [0.29, 0.717) is 6.04 Å². The first kappa shape index (κ1) is 12.9. The molecule has 2 N–H and O–H groups in total. The van der Waals surface area contributed by atoms with E-state index in [-0.39, 0.29) is 0 Å². The zero-order valence-electron chi connectivity index (χ0n) is 11.8. The van der Waals surface area contributed by atoms with Crippen molar-refractivity contribution in [1.82, 2.24) is 10.3 Å². The van der Waals surface area contributed by atoms with E-state index >= 15 is 0 Å². The van der Waals surface area contributed by atoms with Gasteiger partial charge in [-0.2, -0.15) is 0 Å². The number of aromatic amines is 1. The van der Waals surface area contributed by atoms with E-state index in [2.05, 4.69) is 71.8 Å². The molecule has 0 aliphatic carbocycles. The minimum absolute atomic E-state index is 0.472. The highest BCUT2D eigenvalue weighted by molar-refractivity contribution is 5.79. The predicted molar refractivity (Wildman–Crippen MR) is 84.7 cm³/mol. The Labute approximate surface area is 119 Å². The first-order valence-electron chi connectivity index (χ1n) is 7.14. The molecule has 3 aromatic rings. The smallest absolute Gasteiger partial charge is 0.0454 e. The topological polar surface area (TPSA) is 27.8 Å². The van der Waals surface area contributed by atoms with E-state index in [4.69, 9.17) is 0 Å². The molecule has 0 radical (unpaired) electrons. The SMILES string of the molecule is CC(Cc1ccccc1)NCc1ccc2[nH]ccc2c1. The maximum absolute atomic E-state index is 3.59. The van der Waals surface area contributed by atoms with E-state index in [0.717, 1.165) is 13.0 Å². The number of nitrogens with one attached hydrogen (secondary N) is 2. The standard InChI is InChI=1S/C18H20N2/c1-14(11-15-5-3-2-4-6-15)20-13-16-7-8-18-17(12-16)9-10-19-18/h2-10,12,14,19-20H,11,13H2,1H3. The minimum atomic E-state index is 0.472. The molecule has 2 nitrogen and oxygen atoms in total. The lowest BCUT2D eigenvalue weighted by Gasteiger charge is -2.14. The first-order chi connectivity index (χ1) is 9.81. The molecule has 1 aromatic heterocycles. The normalized spacial score (nSPS) is 12.7. The van der Waals surface area contributed by atoms with Gasteiger partial charge in [0.25, 0.3) is 0 Å². The van der Waals surface area contributed by atoms with Crippen molar-refractivity contribution in [2.75, 3.05) is 0 Å². The summed E-state index contributed by atoms with van der Waals surface area (Å²) in [7, 11) is 0. The van der Waals surface area contributed by atoms with E-state index in [9.17, 15) is 0 Å². The van der Waals surface area contributed by atoms with Crippen LogP contribution in [0.1, 0.15) is 18.1 Å². The average Bonchev–Trinajstić information content (AvgIpc) is 2.93. The molecule has 0 bridgehead atoms. The van der Waals surface area contributed by atoms with E-state index in [1.807, 2.05) is 6.20 Å². The van der Waals surface area contributed by atoms with Gasteiger partial charge in [-0.15, -0.1) is 0 Å². The summed E-state index contributed by atoms with van der Waals surface area (Å²) in [5.41, 5.74) is 3.91. The third-order valence-electron chi connectivity index (χ3n) is 3.66. The second-order valence-corrected chi connectivity index (χ2v) is 5.37. The van der Waals surface area contributed by atoms with Crippen LogP contribution in [0.15, 0.2) is 60.8 Å². The van der Waals surface area contributed by atoms with Crippen molar-refractivity contribution in [2.45, 2.75) is 25.9 Å². The molecule has 0 aliphatic rings. The summed E-state index contributed by atoms with van der Waals surface area (Å²) in [5.74, 6) is 0. The zero-order chi connectivity index (χ0) is 13.8. The van der Waals surface area contributed by atoms with E-state index in [1.54, 1.807) is 0 Å². The molecule has 2 aromatic carbocycles. The molecular weight excluding hydrogens is 244 g/mol. The fraction of sp³-hybridized carbons (Fsp3) is 0.222. The molecule has 0 saturated carbocycles. The fourth-order valence-corrected chi connectivity index (χ4v) is 2.54. The Morgan fingerprint density at radius 3 is 2.70 bits per heavy atom. The maximum Gasteiger partial charge on any atom is 0.0454 e. The van der Waals surface area contributed by atoms with Gasteiger partial charge in [0.2, 0.25) is 0 Å². The van der Waals surface area contributed by atoms with Crippen molar-refractivity contribution in [2.24, 2.45) is 0 Å². The summed E-state index contributed by atoms with van der Waals surface area (Å²) < 4.78 is 0. The number of aromatic nitrogens is 1. The number of fused-ring (bicyclic) bond motifs is 1. The summed E-state index contributed by atoms with van der Waals surface area (Å²) in [6, 6.07) is 19.8. The van der Waals surface area contributed by atoms with Crippen LogP contribution >= 0.6 is 0 Å². The second kappa shape index (κ2) is 5.93. The number of hydrogen-bond acceptors (Lipinski definition) is 1. The Hall–Kier alpha value is -2.06. The first-order valence-corrected chi connectivity index (χ1v) is 7.14. The van der Waals surface area contributed by atoms with Crippen LogP contribution in [0.2, 0.25) is 0 Å². The number of rotatable bonds is 5. The Morgan fingerprint density at radius 2 is 1.85 bits per heavy atom. The molecule has 2 heteroatoms. The molecule has 3 rings (SSSR count). The van der Waals surface area contributed by atoms with Gasteiger partial charge in [0.15, 0.2) is 0 Å². The summed E-state index contributed by atoms with van der Waals surface area (Å²) in [6.45, 7) is 3.15. The van der Waals surface area contributed by atoms with Crippen molar-refractivity contribution in [1.29, 1.82) is 0 Å². The molecular formula is C18H20N2. The van der Waals surface area contributed by atoms with Crippen molar-refractivity contribution in [3.05, 3.63) is 71.9 Å². The summed E-state index contributed by atoms with van der Waals surface area (Å²) >= 11 is 0. The average molecular weight is 264 g/mol. The van der Waals surface area contributed by atoms with Gasteiger partial charge in [-0.25, -0.2) is 0 Å². The highest BCUT2D eigenvalue weighted by atomic mass is 14.9. The van der Waals surface area contributed by atoms with E-state index < -0.39 is 0 Å². The lowest BCUT2D eigenvalue weighted by atomic mass is 10.1. The van der Waals surface area contributed by atoms with Crippen molar-refractivity contribution >= 4 is 10.9 Å². The maximum atomic E-state index is 3.59. The van der Waals surface area contributed by atoms with Crippen molar-refractivity contribution in [3.8, 4) is 0 Å². The van der Waals surface area contributed by atoms with Crippen LogP contribution in [0, 0.1) is 0 Å². The van der Waals surface area contributed by atoms with Crippen LogP contribution in [0.5, 0.6) is 0 Å². The number of hydrogen-bond donors (Lipinski definition) is 2. The quantitative estimate of drug-likeness (QED) is 0.719. The molecule has 0 saturated heterocycles. The number of benzene rings is 2. The Balaban J connectivity index is 1.58. The molecule has 102 valence electrons. The van der Waals surface area contributed by atoms with Gasteiger partial charge in [0.1, 0.15) is 0 Å². The van der Waals surface area contributed by atoms with Gasteiger partial charge >= 0.3 is 0 Å². The van der Waals surface area contributed by atoms with Gasteiger partial charge in [-0.1, -0.05) is 36.4 Å². The number of H-pyrrole nitrogens is 1. The molecule has 0 aliphatic heterocycles. The zero-order valence-corrected chi connectivity index (χ0v) is 11.8. The Kier molecular flexibility index (Phi) is 3.84. The summed E-state index contributed by atoms with van der Waals surface area (Å²) in [5, 5.41) is 4.87. The van der Waals surface area contributed by atoms with Gasteiger partial charge in [0.05, 0.1) is 0 Å². The van der Waals surface area contributed by atoms with Crippen LogP contribution < -0.4 is 5.32 Å². The van der Waals surface area contributed by atoms with Crippen molar-refractivity contribution < 1.29 is 0 Å². The Morgan fingerprint density at radius 1 is 1.00 bits per heavy atom. The highest BCUT2D eigenvalue weighted by Gasteiger charge is 2.03. The van der Waals surface area contributed by atoms with Gasteiger partial charge in [0, 0.05) is 24.3 Å². The second-order valence-electron chi connectivity index (χ2n) is 5.37. The molecule has 1 heterocycles. The van der Waals surface area contributed by atoms with Crippen LogP contribution in [-0.4, -0.2) is 11.0 Å². The molecule has 1 atom stereocenters. The van der Waals surface area contributed by atoms with Crippen LogP contribution in [0.4, 0.5) is 0 Å². The van der Waals surface area contributed by atoms with Crippen molar-refractivity contribution in [3.63, 3.8) is 0 Å². The summed E-state index contributed by atoms with van der Waals surface area (Å²) in [6.07, 6.45) is 3.05. The molecule has 0 amide bonds. The van der Waals surface area contributed by atoms with Crippen LogP contribution in [0.3, 0.4) is 0 Å². The minimum Gasteiger partial charge on any atom is -0.361 e. The summed E-state index contributed by atoms with van der Waals surface area (Å²) in [4.78, 5) is 3.22. The largest absolute Gasteiger partial charge is 0.361 e. The molecule has 1 unspecified atom stereocenters. The van der Waals surface area contributed by atoms with Crippen LogP contribution in [0.25, 0.3) is 10.9 Å². The van der Waals surface area contributed by atoms with Gasteiger partial charge in [-0.3, -0.25) is 0 Å². The molecule has 0 fully saturated rings. The lowest BCUT2D eigenvalue weighted by Crippen LogP contribution is -2.27. The predicted octanol–water partition coefficient (Wildman–Crippen LogP) is 3.89. The third kappa shape index (κ3) is 3.09. The highest BCUT2D eigenvalue weighted by Crippen LogP contribution is 2.14. The third-order valence-corrected chi connectivity index (χ3v) is 3.66. The molecule has 20 heavy (non-hydrogen) atoms. The van der Waals surface area contributed by atoms with Gasteiger partial charge < -0.3 is 10.3 Å². The molecule has 0 spiro atoms. The van der Waals surface area contributed by atoms with Gasteiger partial charge in [-0.05, 0) is 48.1 Å². The van der Waals surface area contributed by atoms with E-state index in [1.165, 1.54) is 22.0 Å². The lowest BCUT2D eigenvalue weighted by molar-refractivity contribution is 0.545.